The van der Waals surface area contributed by atoms with Gasteiger partial charge in [-0.1, -0.05) is 13.8 Å². The van der Waals surface area contributed by atoms with Gasteiger partial charge in [0, 0.05) is 11.1 Å². The number of aromatic hydroxyl groups is 1. The van der Waals surface area contributed by atoms with Crippen LogP contribution in [0.3, 0.4) is 0 Å². The number of hydrogen-bond acceptors (Lipinski definition) is 5. The summed E-state index contributed by atoms with van der Waals surface area (Å²) in [5, 5.41) is 28.4. The van der Waals surface area contributed by atoms with Gasteiger partial charge in [0.1, 0.15) is 5.57 Å². The molecule has 7 heteroatoms. The fourth-order valence-electron chi connectivity index (χ4n) is 2.49. The summed E-state index contributed by atoms with van der Waals surface area (Å²) < 4.78 is 10.4. The number of carboxylic acid groups (broad SMARTS) is 2. The topological polar surface area (TPSA) is 113 Å². The lowest BCUT2D eigenvalue weighted by atomic mass is 9.93. The molecule has 0 heterocycles. The number of phenolic OH excluding ortho intramolecular Hbond substituents is 1. The smallest absolute Gasteiger partial charge is 0.343 e. The van der Waals surface area contributed by atoms with Crippen LogP contribution in [0.15, 0.2) is 5.57 Å². The lowest BCUT2D eigenvalue weighted by molar-refractivity contribution is -0.140. The second-order valence-corrected chi connectivity index (χ2v) is 4.66. The van der Waals surface area contributed by atoms with Crippen molar-refractivity contribution in [2.75, 3.05) is 14.2 Å². The normalized spacial score (nSPS) is 10.1. The molecule has 1 aromatic rings. The number of carbonyl (C=O) groups is 2. The maximum absolute atomic E-state index is 11.2. The highest BCUT2D eigenvalue weighted by Crippen LogP contribution is 2.45. The van der Waals surface area contributed by atoms with Crippen molar-refractivity contribution in [1.82, 2.24) is 0 Å². The van der Waals surface area contributed by atoms with Gasteiger partial charge in [0.25, 0.3) is 0 Å². The third-order valence-electron chi connectivity index (χ3n) is 3.49. The van der Waals surface area contributed by atoms with Gasteiger partial charge >= 0.3 is 11.9 Å². The van der Waals surface area contributed by atoms with E-state index in [1.807, 2.05) is 0 Å². The molecular formula is C16H20O7. The Morgan fingerprint density at radius 1 is 0.957 bits per heavy atom. The third-order valence-corrected chi connectivity index (χ3v) is 3.49. The predicted octanol–water partition coefficient (Wildman–Crippen LogP) is 2.09. The number of rotatable bonds is 7. The van der Waals surface area contributed by atoms with Crippen LogP contribution in [0.25, 0.3) is 6.08 Å². The van der Waals surface area contributed by atoms with Crippen LogP contribution in [0.4, 0.5) is 0 Å². The van der Waals surface area contributed by atoms with E-state index in [0.717, 1.165) is 6.08 Å². The van der Waals surface area contributed by atoms with Gasteiger partial charge in [0.05, 0.1) is 14.2 Å². The lowest BCUT2D eigenvalue weighted by Gasteiger charge is -2.20. The van der Waals surface area contributed by atoms with Crippen molar-refractivity contribution in [2.45, 2.75) is 26.7 Å². The van der Waals surface area contributed by atoms with E-state index in [0.29, 0.717) is 29.5 Å². The van der Waals surface area contributed by atoms with Crippen molar-refractivity contribution >= 4 is 18.0 Å². The minimum absolute atomic E-state index is 0.142. The second-order valence-electron chi connectivity index (χ2n) is 4.66. The summed E-state index contributed by atoms with van der Waals surface area (Å²) >= 11 is 0. The van der Waals surface area contributed by atoms with Gasteiger partial charge < -0.3 is 24.8 Å². The Bertz CT molecular complexity index is 610. The van der Waals surface area contributed by atoms with Crippen molar-refractivity contribution in [3.63, 3.8) is 0 Å². The molecule has 0 fully saturated rings. The van der Waals surface area contributed by atoms with Crippen LogP contribution in [0.5, 0.6) is 17.2 Å². The molecule has 0 atom stereocenters. The number of aliphatic carboxylic acids is 2. The minimum atomic E-state index is -1.55. The molecule has 0 aliphatic rings. The number of ether oxygens (including phenoxy) is 2. The molecule has 1 rings (SSSR count). The summed E-state index contributed by atoms with van der Waals surface area (Å²) in [6, 6.07) is 0. The van der Waals surface area contributed by atoms with Crippen LogP contribution in [0, 0.1) is 0 Å². The summed E-state index contributed by atoms with van der Waals surface area (Å²) in [5.41, 5.74) is 0.635. The highest BCUT2D eigenvalue weighted by Gasteiger charge is 2.25. The molecule has 0 aliphatic heterocycles. The van der Waals surface area contributed by atoms with E-state index in [1.165, 1.54) is 14.2 Å². The first kappa shape index (κ1) is 18.3. The zero-order valence-corrected chi connectivity index (χ0v) is 13.5. The molecule has 0 saturated heterocycles. The average molecular weight is 324 g/mol. The monoisotopic (exact) mass is 324 g/mol. The molecule has 0 aliphatic carbocycles. The average Bonchev–Trinajstić information content (AvgIpc) is 2.51. The lowest BCUT2D eigenvalue weighted by Crippen LogP contribution is -2.12. The van der Waals surface area contributed by atoms with E-state index in [-0.39, 0.29) is 17.2 Å². The van der Waals surface area contributed by atoms with Crippen LogP contribution in [0.2, 0.25) is 0 Å². The number of hydrogen-bond donors (Lipinski definition) is 3. The second kappa shape index (κ2) is 7.53. The van der Waals surface area contributed by atoms with Gasteiger partial charge in [-0.2, -0.15) is 0 Å². The van der Waals surface area contributed by atoms with Crippen LogP contribution in [0.1, 0.15) is 30.5 Å². The van der Waals surface area contributed by atoms with Crippen LogP contribution >= 0.6 is 0 Å². The molecule has 0 amide bonds. The van der Waals surface area contributed by atoms with Crippen LogP contribution < -0.4 is 9.47 Å². The molecule has 23 heavy (non-hydrogen) atoms. The van der Waals surface area contributed by atoms with Gasteiger partial charge in [-0.15, -0.1) is 0 Å². The SMILES string of the molecule is CCc1c(C=C(C(=O)O)C(=O)O)c(CC)c(OC)c(O)c1OC. The zero-order chi connectivity index (χ0) is 17.7. The molecule has 0 unspecified atom stereocenters. The zero-order valence-electron chi connectivity index (χ0n) is 13.5. The molecule has 0 aromatic heterocycles. The molecule has 1 aromatic carbocycles. The van der Waals surface area contributed by atoms with E-state index in [1.54, 1.807) is 13.8 Å². The number of carboxylic acids is 2. The van der Waals surface area contributed by atoms with Crippen LogP contribution in [-0.2, 0) is 22.4 Å². The third kappa shape index (κ3) is 3.39. The van der Waals surface area contributed by atoms with Crippen LogP contribution in [-0.4, -0.2) is 41.5 Å². The number of methoxy groups -OCH3 is 2. The summed E-state index contributed by atoms with van der Waals surface area (Å²) in [5.74, 6) is -3.00. The maximum Gasteiger partial charge on any atom is 0.343 e. The van der Waals surface area contributed by atoms with Gasteiger partial charge in [0.2, 0.25) is 5.75 Å². The Kier molecular flexibility index (Phi) is 6.01. The number of benzene rings is 1. The molecule has 0 radical (unpaired) electrons. The predicted molar refractivity (Wildman–Crippen MR) is 83.2 cm³/mol. The molecular weight excluding hydrogens is 304 g/mol. The quantitative estimate of drug-likeness (QED) is 0.400. The van der Waals surface area contributed by atoms with Gasteiger partial charge in [-0.3, -0.25) is 0 Å². The largest absolute Gasteiger partial charge is 0.502 e. The van der Waals surface area contributed by atoms with Crippen molar-refractivity contribution in [3.8, 4) is 17.2 Å². The first-order valence-corrected chi connectivity index (χ1v) is 7.00. The van der Waals surface area contributed by atoms with Gasteiger partial charge in [0.15, 0.2) is 11.5 Å². The number of phenols is 1. The van der Waals surface area contributed by atoms with E-state index >= 15 is 0 Å². The van der Waals surface area contributed by atoms with E-state index in [9.17, 15) is 14.7 Å². The minimum Gasteiger partial charge on any atom is -0.502 e. The van der Waals surface area contributed by atoms with Crippen molar-refractivity contribution in [3.05, 3.63) is 22.3 Å². The Labute approximate surface area is 133 Å². The standard InChI is InChI=1S/C16H20O7/c1-5-8-10(7-11(15(18)19)16(20)21)9(6-2)14(23-4)12(17)13(8)22-3/h7,17H,5-6H2,1-4H3,(H,18,19)(H,20,21). The summed E-state index contributed by atoms with van der Waals surface area (Å²) in [6.07, 6.45) is 1.89. The van der Waals surface area contributed by atoms with Gasteiger partial charge in [-0.25, -0.2) is 9.59 Å². The fourth-order valence-corrected chi connectivity index (χ4v) is 2.49. The first-order valence-electron chi connectivity index (χ1n) is 7.00. The van der Waals surface area contributed by atoms with Crippen molar-refractivity contribution < 1.29 is 34.4 Å². The summed E-state index contributed by atoms with van der Waals surface area (Å²) in [6.45, 7) is 3.59. The highest BCUT2D eigenvalue weighted by molar-refractivity contribution is 6.16. The fraction of sp³-hybridized carbons (Fsp3) is 0.375. The van der Waals surface area contributed by atoms with Gasteiger partial charge in [-0.05, 0) is 24.5 Å². The highest BCUT2D eigenvalue weighted by atomic mass is 16.5. The molecule has 126 valence electrons. The summed E-state index contributed by atoms with van der Waals surface area (Å²) in [7, 11) is 2.73. The molecule has 0 spiro atoms. The van der Waals surface area contributed by atoms with E-state index in [4.69, 9.17) is 19.7 Å². The van der Waals surface area contributed by atoms with Crippen molar-refractivity contribution in [2.24, 2.45) is 0 Å². The Balaban J connectivity index is 3.91. The Hall–Kier alpha value is -2.70. The Morgan fingerprint density at radius 3 is 1.61 bits per heavy atom. The summed E-state index contributed by atoms with van der Waals surface area (Å²) in [4.78, 5) is 22.3. The molecule has 0 saturated carbocycles. The molecule has 0 bridgehead atoms. The van der Waals surface area contributed by atoms with E-state index in [2.05, 4.69) is 0 Å². The molecule has 7 nitrogen and oxygen atoms in total. The van der Waals surface area contributed by atoms with E-state index < -0.39 is 17.5 Å². The maximum atomic E-state index is 11.2. The van der Waals surface area contributed by atoms with Crippen molar-refractivity contribution in [1.29, 1.82) is 0 Å². The Morgan fingerprint density at radius 2 is 1.35 bits per heavy atom. The first-order chi connectivity index (χ1) is 10.8. The molecule has 3 N–H and O–H groups in total.